The quantitative estimate of drug-likeness (QED) is 0.388. The molecule has 0 spiro atoms. The monoisotopic (exact) mass is 390 g/mol. The van der Waals surface area contributed by atoms with Gasteiger partial charge in [0.15, 0.2) is 5.96 Å². The Morgan fingerprint density at radius 1 is 1.14 bits per heavy atom. The van der Waals surface area contributed by atoms with Gasteiger partial charge in [-0.15, -0.1) is 0 Å². The van der Waals surface area contributed by atoms with Crippen LogP contribution in [0.5, 0.6) is 5.75 Å². The van der Waals surface area contributed by atoms with E-state index >= 15 is 0 Å². The maximum atomic E-state index is 5.74. The van der Waals surface area contributed by atoms with E-state index in [9.17, 15) is 0 Å². The number of benzene rings is 2. The van der Waals surface area contributed by atoms with E-state index in [1.54, 1.807) is 6.08 Å². The molecule has 3 rings (SSSR count). The molecule has 0 aliphatic carbocycles. The second-order valence-electron chi connectivity index (χ2n) is 6.80. The first-order chi connectivity index (χ1) is 14.3. The first-order valence-electron chi connectivity index (χ1n) is 10.1. The molecule has 29 heavy (non-hydrogen) atoms. The highest BCUT2D eigenvalue weighted by Crippen LogP contribution is 2.19. The number of aliphatic imine (C=N–C) groups is 1. The van der Waals surface area contributed by atoms with Gasteiger partial charge >= 0.3 is 0 Å². The molecule has 1 aliphatic heterocycles. The van der Waals surface area contributed by atoms with E-state index in [1.807, 2.05) is 18.2 Å². The molecule has 5 heteroatoms. The van der Waals surface area contributed by atoms with E-state index in [1.165, 1.54) is 11.3 Å². The van der Waals surface area contributed by atoms with E-state index < -0.39 is 0 Å². The summed E-state index contributed by atoms with van der Waals surface area (Å²) >= 11 is 0. The molecule has 0 radical (unpaired) electrons. The number of guanidine groups is 1. The van der Waals surface area contributed by atoms with Gasteiger partial charge in [0.2, 0.25) is 0 Å². The van der Waals surface area contributed by atoms with Crippen molar-refractivity contribution < 1.29 is 4.74 Å². The third-order valence-corrected chi connectivity index (χ3v) is 4.63. The Hall–Kier alpha value is -3.21. The van der Waals surface area contributed by atoms with Crippen molar-refractivity contribution in [3.05, 3.63) is 84.5 Å². The summed E-state index contributed by atoms with van der Waals surface area (Å²) in [6.07, 6.45) is 6.16. The number of nitrogens with zero attached hydrogens (tertiary/aromatic N) is 2. The molecule has 0 aromatic heterocycles. The maximum Gasteiger partial charge on any atom is 0.191 e. The number of anilines is 1. The molecule has 0 saturated carbocycles. The molecule has 0 amide bonds. The standard InChI is InChI=1S/C24H30N4O/c1-3-16-29-23-13-6-5-11-21(23)19-27-24(25-4-2)26-18-20-10-9-12-22(17-20)28-14-7-8-15-28/h3,5-13,17H,1,4,14-16,18-19H2,2H3,(H2,25,26,27). The van der Waals surface area contributed by atoms with E-state index in [4.69, 9.17) is 9.73 Å². The Bertz CT molecular complexity index is 851. The van der Waals surface area contributed by atoms with Gasteiger partial charge in [-0.1, -0.05) is 55.1 Å². The molecule has 0 fully saturated rings. The van der Waals surface area contributed by atoms with Gasteiger partial charge in [-0.2, -0.15) is 0 Å². The Kier molecular flexibility index (Phi) is 7.75. The number of rotatable bonds is 9. The van der Waals surface area contributed by atoms with Crippen molar-refractivity contribution in [2.75, 3.05) is 31.1 Å². The molecular weight excluding hydrogens is 360 g/mol. The van der Waals surface area contributed by atoms with Crippen LogP contribution in [0, 0.1) is 0 Å². The summed E-state index contributed by atoms with van der Waals surface area (Å²) < 4.78 is 5.74. The van der Waals surface area contributed by atoms with E-state index in [0.29, 0.717) is 19.7 Å². The minimum atomic E-state index is 0.494. The van der Waals surface area contributed by atoms with Gasteiger partial charge in [0.05, 0.1) is 6.54 Å². The zero-order valence-corrected chi connectivity index (χ0v) is 17.1. The van der Waals surface area contributed by atoms with Crippen molar-refractivity contribution in [3.63, 3.8) is 0 Å². The summed E-state index contributed by atoms with van der Waals surface area (Å²) in [7, 11) is 0. The SMILES string of the molecule is C=CCOc1ccccc1CNC(=NCc1cccc(N2CC=CC2)c1)NCC. The molecule has 0 unspecified atom stereocenters. The van der Waals surface area contributed by atoms with Gasteiger partial charge in [-0.25, -0.2) is 4.99 Å². The minimum Gasteiger partial charge on any atom is -0.489 e. The third-order valence-electron chi connectivity index (χ3n) is 4.63. The third kappa shape index (κ3) is 6.14. The van der Waals surface area contributed by atoms with Crippen LogP contribution in [-0.2, 0) is 13.1 Å². The summed E-state index contributed by atoms with van der Waals surface area (Å²) in [5.41, 5.74) is 3.53. The number of hydrogen-bond donors (Lipinski definition) is 2. The number of hydrogen-bond acceptors (Lipinski definition) is 3. The zero-order chi connectivity index (χ0) is 20.3. The fourth-order valence-corrected chi connectivity index (χ4v) is 3.17. The van der Waals surface area contributed by atoms with Gasteiger partial charge in [-0.3, -0.25) is 0 Å². The highest BCUT2D eigenvalue weighted by atomic mass is 16.5. The summed E-state index contributed by atoms with van der Waals surface area (Å²) in [6.45, 7) is 10.3. The second kappa shape index (κ2) is 11.0. The van der Waals surface area contributed by atoms with Crippen LogP contribution in [0.1, 0.15) is 18.1 Å². The fraction of sp³-hybridized carbons (Fsp3) is 0.292. The predicted octanol–water partition coefficient (Wildman–Crippen LogP) is 3.88. The van der Waals surface area contributed by atoms with Crippen LogP contribution in [-0.4, -0.2) is 32.2 Å². The Balaban J connectivity index is 1.63. The van der Waals surface area contributed by atoms with Gasteiger partial charge in [0.25, 0.3) is 0 Å². The van der Waals surface area contributed by atoms with Gasteiger partial charge in [0.1, 0.15) is 12.4 Å². The molecule has 0 atom stereocenters. The van der Waals surface area contributed by atoms with Crippen molar-refractivity contribution >= 4 is 11.6 Å². The van der Waals surface area contributed by atoms with Crippen molar-refractivity contribution in [1.29, 1.82) is 0 Å². The summed E-state index contributed by atoms with van der Waals surface area (Å²) in [6, 6.07) is 16.6. The van der Waals surface area contributed by atoms with E-state index in [-0.39, 0.29) is 0 Å². The summed E-state index contributed by atoms with van der Waals surface area (Å²) in [5.74, 6) is 1.65. The average molecular weight is 391 g/mol. The maximum absolute atomic E-state index is 5.74. The second-order valence-corrected chi connectivity index (χ2v) is 6.80. The van der Waals surface area contributed by atoms with Crippen molar-refractivity contribution in [2.24, 2.45) is 4.99 Å². The lowest BCUT2D eigenvalue weighted by atomic mass is 10.2. The van der Waals surface area contributed by atoms with Crippen LogP contribution >= 0.6 is 0 Å². The fourth-order valence-electron chi connectivity index (χ4n) is 3.17. The van der Waals surface area contributed by atoms with E-state index in [2.05, 4.69) is 71.5 Å². The lowest BCUT2D eigenvalue weighted by Gasteiger charge is -2.18. The molecule has 1 heterocycles. The van der Waals surface area contributed by atoms with Crippen LogP contribution in [0.15, 0.2) is 78.3 Å². The summed E-state index contributed by atoms with van der Waals surface area (Å²) in [4.78, 5) is 7.11. The van der Waals surface area contributed by atoms with Crippen LogP contribution in [0.3, 0.4) is 0 Å². The molecule has 1 aliphatic rings. The minimum absolute atomic E-state index is 0.494. The highest BCUT2D eigenvalue weighted by molar-refractivity contribution is 5.79. The zero-order valence-electron chi connectivity index (χ0n) is 17.1. The molecule has 0 saturated heterocycles. The Morgan fingerprint density at radius 3 is 2.76 bits per heavy atom. The summed E-state index contributed by atoms with van der Waals surface area (Å²) in [5, 5.41) is 6.72. The predicted molar refractivity (Wildman–Crippen MR) is 122 cm³/mol. The van der Waals surface area contributed by atoms with Crippen LogP contribution in [0.4, 0.5) is 5.69 Å². The molecule has 2 aromatic carbocycles. The Morgan fingerprint density at radius 2 is 1.97 bits per heavy atom. The van der Waals surface area contributed by atoms with Crippen LogP contribution in [0.2, 0.25) is 0 Å². The molecular formula is C24H30N4O. The number of nitrogens with one attached hydrogen (secondary N) is 2. The first-order valence-corrected chi connectivity index (χ1v) is 10.1. The van der Waals surface area contributed by atoms with Crippen molar-refractivity contribution in [3.8, 4) is 5.75 Å². The molecule has 2 aromatic rings. The number of ether oxygens (including phenoxy) is 1. The molecule has 5 nitrogen and oxygen atoms in total. The molecule has 2 N–H and O–H groups in total. The lowest BCUT2D eigenvalue weighted by molar-refractivity contribution is 0.358. The normalized spacial score (nSPS) is 13.4. The smallest absolute Gasteiger partial charge is 0.191 e. The van der Waals surface area contributed by atoms with Gasteiger partial charge in [0, 0.05) is 37.4 Å². The average Bonchev–Trinajstić information content (AvgIpc) is 3.30. The van der Waals surface area contributed by atoms with Gasteiger partial charge < -0.3 is 20.3 Å². The molecule has 0 bridgehead atoms. The van der Waals surface area contributed by atoms with Gasteiger partial charge in [-0.05, 0) is 30.7 Å². The lowest BCUT2D eigenvalue weighted by Crippen LogP contribution is -2.36. The van der Waals surface area contributed by atoms with E-state index in [0.717, 1.165) is 36.9 Å². The highest BCUT2D eigenvalue weighted by Gasteiger charge is 2.08. The topological polar surface area (TPSA) is 48.9 Å². The van der Waals surface area contributed by atoms with Crippen LogP contribution < -0.4 is 20.3 Å². The van der Waals surface area contributed by atoms with Crippen molar-refractivity contribution in [2.45, 2.75) is 20.0 Å². The number of para-hydroxylation sites is 1. The molecule has 152 valence electrons. The van der Waals surface area contributed by atoms with Crippen LogP contribution in [0.25, 0.3) is 0 Å². The van der Waals surface area contributed by atoms with Crippen molar-refractivity contribution in [1.82, 2.24) is 10.6 Å². The first kappa shape index (κ1) is 20.5. The largest absolute Gasteiger partial charge is 0.489 e. The Labute approximate surface area is 173 Å².